The van der Waals surface area contributed by atoms with Crippen molar-refractivity contribution in [3.8, 4) is 0 Å². The van der Waals surface area contributed by atoms with Gasteiger partial charge in [0.2, 0.25) is 11.8 Å². The first-order valence-corrected chi connectivity index (χ1v) is 6.54. The molecule has 1 aliphatic rings. The van der Waals surface area contributed by atoms with Crippen LogP contribution in [0.25, 0.3) is 0 Å². The van der Waals surface area contributed by atoms with E-state index >= 15 is 0 Å². The lowest BCUT2D eigenvalue weighted by Gasteiger charge is -2.13. The van der Waals surface area contributed by atoms with E-state index in [1.807, 2.05) is 0 Å². The molecule has 7 nitrogen and oxygen atoms in total. The van der Waals surface area contributed by atoms with Gasteiger partial charge in [-0.3, -0.25) is 19.3 Å². The number of carbonyl (C=O) groups excluding carboxylic acids is 4. The van der Waals surface area contributed by atoms with Crippen molar-refractivity contribution in [2.24, 2.45) is 0 Å². The Morgan fingerprint density at radius 2 is 2.10 bits per heavy atom. The van der Waals surface area contributed by atoms with Crippen LogP contribution in [0.15, 0.2) is 24.3 Å². The van der Waals surface area contributed by atoms with E-state index in [1.54, 1.807) is 0 Å². The van der Waals surface area contributed by atoms with Crippen molar-refractivity contribution in [2.45, 2.75) is 0 Å². The van der Waals surface area contributed by atoms with Gasteiger partial charge in [-0.2, -0.15) is 0 Å². The molecule has 8 heteroatoms. The molecule has 20 heavy (non-hydrogen) atoms. The molecule has 2 rings (SSSR count). The standard InChI is InChI=1S/C12H10N2O5S/c15-9(5-14-10(16)6-20-12(14)19)13-8-3-1-2-7(4-8)11(17)18/h1-4H,5-6H2,(H,13,15)(H,17,18)/p-1. The number of benzene rings is 1. The molecule has 0 atom stereocenters. The highest BCUT2D eigenvalue weighted by molar-refractivity contribution is 8.14. The predicted molar refractivity (Wildman–Crippen MR) is 69.0 cm³/mol. The zero-order valence-corrected chi connectivity index (χ0v) is 10.9. The average molecular weight is 293 g/mol. The normalized spacial score (nSPS) is 14.5. The Hall–Kier alpha value is -2.35. The van der Waals surface area contributed by atoms with Gasteiger partial charge in [0, 0.05) is 5.69 Å². The summed E-state index contributed by atoms with van der Waals surface area (Å²) in [6, 6.07) is 5.50. The number of hydrogen-bond donors (Lipinski definition) is 1. The number of carboxylic acid groups (broad SMARTS) is 1. The monoisotopic (exact) mass is 293 g/mol. The number of carbonyl (C=O) groups is 4. The summed E-state index contributed by atoms with van der Waals surface area (Å²) in [5, 5.41) is 12.6. The van der Waals surface area contributed by atoms with E-state index in [-0.39, 0.29) is 23.5 Å². The van der Waals surface area contributed by atoms with Gasteiger partial charge in [0.15, 0.2) is 0 Å². The smallest absolute Gasteiger partial charge is 0.289 e. The maximum Gasteiger partial charge on any atom is 0.289 e. The molecule has 0 aromatic heterocycles. The van der Waals surface area contributed by atoms with Crippen molar-refractivity contribution >= 4 is 40.5 Å². The second-order valence-electron chi connectivity index (χ2n) is 3.95. The van der Waals surface area contributed by atoms with E-state index < -0.39 is 23.0 Å². The molecule has 1 aromatic carbocycles. The van der Waals surface area contributed by atoms with Gasteiger partial charge in [0.1, 0.15) is 6.54 Å². The molecule has 1 saturated heterocycles. The van der Waals surface area contributed by atoms with Crippen LogP contribution in [-0.4, -0.2) is 40.2 Å². The fourth-order valence-corrected chi connectivity index (χ4v) is 2.33. The van der Waals surface area contributed by atoms with E-state index in [2.05, 4.69) is 5.32 Å². The number of nitrogens with zero attached hydrogens (tertiary/aromatic N) is 1. The van der Waals surface area contributed by atoms with Crippen LogP contribution in [0, 0.1) is 0 Å². The Morgan fingerprint density at radius 1 is 1.35 bits per heavy atom. The minimum Gasteiger partial charge on any atom is -0.545 e. The lowest BCUT2D eigenvalue weighted by molar-refractivity contribution is -0.255. The Labute approximate surface area is 117 Å². The number of nitrogens with one attached hydrogen (secondary N) is 1. The molecule has 3 amide bonds. The molecular weight excluding hydrogens is 284 g/mol. The summed E-state index contributed by atoms with van der Waals surface area (Å²) in [6.45, 7) is -0.389. The summed E-state index contributed by atoms with van der Waals surface area (Å²) in [4.78, 5) is 45.9. The summed E-state index contributed by atoms with van der Waals surface area (Å²) < 4.78 is 0. The SMILES string of the molecule is O=C(CN1C(=O)CSC1=O)Nc1cccc(C(=O)[O-])c1. The number of rotatable bonds is 4. The molecule has 1 aliphatic heterocycles. The second kappa shape index (κ2) is 5.74. The molecule has 104 valence electrons. The van der Waals surface area contributed by atoms with Crippen molar-refractivity contribution in [1.82, 2.24) is 4.90 Å². The van der Waals surface area contributed by atoms with Crippen LogP contribution in [0.1, 0.15) is 10.4 Å². The third kappa shape index (κ3) is 3.15. The third-order valence-corrected chi connectivity index (χ3v) is 3.38. The molecule has 0 bridgehead atoms. The zero-order chi connectivity index (χ0) is 14.7. The van der Waals surface area contributed by atoms with Gasteiger partial charge < -0.3 is 15.2 Å². The molecule has 0 saturated carbocycles. The first-order chi connectivity index (χ1) is 9.47. The van der Waals surface area contributed by atoms with Crippen LogP contribution in [0.3, 0.4) is 0 Å². The van der Waals surface area contributed by atoms with E-state index in [4.69, 9.17) is 0 Å². The molecular formula is C12H9N2O5S-. The Kier molecular flexibility index (Phi) is 4.04. The molecule has 1 aromatic rings. The van der Waals surface area contributed by atoms with Gasteiger partial charge in [0.25, 0.3) is 5.24 Å². The minimum atomic E-state index is -1.36. The molecule has 0 spiro atoms. The molecule has 1 heterocycles. The van der Waals surface area contributed by atoms with Crippen LogP contribution in [-0.2, 0) is 9.59 Å². The zero-order valence-electron chi connectivity index (χ0n) is 10.1. The van der Waals surface area contributed by atoms with Crippen molar-refractivity contribution < 1.29 is 24.3 Å². The highest BCUT2D eigenvalue weighted by Gasteiger charge is 2.31. The molecule has 0 unspecified atom stereocenters. The first kappa shape index (κ1) is 14.1. The first-order valence-electron chi connectivity index (χ1n) is 5.56. The number of imide groups is 1. The van der Waals surface area contributed by atoms with Gasteiger partial charge in [0.05, 0.1) is 11.7 Å². The number of amides is 3. The molecule has 0 aliphatic carbocycles. The van der Waals surface area contributed by atoms with E-state index in [1.165, 1.54) is 24.3 Å². The summed E-state index contributed by atoms with van der Waals surface area (Å²) in [5.41, 5.74) is 0.176. The summed E-state index contributed by atoms with van der Waals surface area (Å²) in [6.07, 6.45) is 0. The average Bonchev–Trinajstić information content (AvgIpc) is 2.71. The highest BCUT2D eigenvalue weighted by atomic mass is 32.2. The van der Waals surface area contributed by atoms with E-state index in [0.29, 0.717) is 0 Å². The van der Waals surface area contributed by atoms with Gasteiger partial charge in [-0.1, -0.05) is 23.9 Å². The van der Waals surface area contributed by atoms with Crippen molar-refractivity contribution in [3.63, 3.8) is 0 Å². The maximum atomic E-state index is 11.7. The number of anilines is 1. The van der Waals surface area contributed by atoms with Gasteiger partial charge in [-0.05, 0) is 17.7 Å². The molecule has 1 N–H and O–H groups in total. The van der Waals surface area contributed by atoms with E-state index in [0.717, 1.165) is 16.7 Å². The van der Waals surface area contributed by atoms with Gasteiger partial charge in [-0.25, -0.2) is 0 Å². The second-order valence-corrected chi connectivity index (χ2v) is 4.88. The minimum absolute atomic E-state index is 0.0340. The summed E-state index contributed by atoms with van der Waals surface area (Å²) in [7, 11) is 0. The Balaban J connectivity index is 2.01. The quantitative estimate of drug-likeness (QED) is 0.815. The predicted octanol–water partition coefficient (Wildman–Crippen LogP) is -0.316. The number of carboxylic acids is 1. The number of thioether (sulfide) groups is 1. The van der Waals surface area contributed by atoms with Gasteiger partial charge >= 0.3 is 0 Å². The third-order valence-electron chi connectivity index (χ3n) is 2.52. The van der Waals surface area contributed by atoms with E-state index in [9.17, 15) is 24.3 Å². The summed E-state index contributed by atoms with van der Waals surface area (Å²) in [5.74, 6) is -2.32. The maximum absolute atomic E-state index is 11.7. The van der Waals surface area contributed by atoms with Crippen LogP contribution in [0.2, 0.25) is 0 Å². The molecule has 1 fully saturated rings. The van der Waals surface area contributed by atoms with Crippen LogP contribution in [0.5, 0.6) is 0 Å². The lowest BCUT2D eigenvalue weighted by atomic mass is 10.2. The number of aromatic carboxylic acids is 1. The number of hydrogen-bond acceptors (Lipinski definition) is 6. The Bertz CT molecular complexity index is 585. The highest BCUT2D eigenvalue weighted by Crippen LogP contribution is 2.18. The van der Waals surface area contributed by atoms with Gasteiger partial charge in [-0.15, -0.1) is 0 Å². The van der Waals surface area contributed by atoms with Crippen LogP contribution in [0.4, 0.5) is 10.5 Å². The van der Waals surface area contributed by atoms with Crippen molar-refractivity contribution in [1.29, 1.82) is 0 Å². The largest absolute Gasteiger partial charge is 0.545 e. The van der Waals surface area contributed by atoms with Crippen LogP contribution < -0.4 is 10.4 Å². The fraction of sp³-hybridized carbons (Fsp3) is 0.167. The topological polar surface area (TPSA) is 107 Å². The van der Waals surface area contributed by atoms with Crippen molar-refractivity contribution in [3.05, 3.63) is 29.8 Å². The van der Waals surface area contributed by atoms with Crippen LogP contribution >= 0.6 is 11.8 Å². The Morgan fingerprint density at radius 3 is 2.70 bits per heavy atom. The lowest BCUT2D eigenvalue weighted by Crippen LogP contribution is -2.36. The summed E-state index contributed by atoms with van der Waals surface area (Å²) >= 11 is 0.840. The molecule has 0 radical (unpaired) electrons. The van der Waals surface area contributed by atoms with Crippen molar-refractivity contribution in [2.75, 3.05) is 17.6 Å². The fourth-order valence-electron chi connectivity index (χ4n) is 1.60.